The predicted molar refractivity (Wildman–Crippen MR) is 199 cm³/mol. The topological polar surface area (TPSA) is 51.6 Å². The molecule has 0 amide bonds. The molecule has 0 aliphatic carbocycles. The van der Waals surface area contributed by atoms with Gasteiger partial charge in [-0.15, -0.1) is 0 Å². The SMILES string of the molecule is c1ccc2c(c1)cc(-c1ccc3cc(-c4ccc5ccc(-c6ccc7ccc8cccnc8c7n6)nc5c4)ccc3n1)c1ccccc12. The molecule has 0 N–H and O–H groups in total. The fourth-order valence-corrected chi connectivity index (χ4v) is 7.03. The van der Waals surface area contributed by atoms with E-state index in [1.807, 2.05) is 24.4 Å². The van der Waals surface area contributed by atoms with Crippen LogP contribution in [0.3, 0.4) is 0 Å². The average Bonchev–Trinajstić information content (AvgIpc) is 3.16. The van der Waals surface area contributed by atoms with Gasteiger partial charge in [0.15, 0.2) is 0 Å². The molecule has 0 aliphatic heterocycles. The summed E-state index contributed by atoms with van der Waals surface area (Å²) >= 11 is 0. The molecule has 0 bridgehead atoms. The first-order chi connectivity index (χ1) is 23.7. The van der Waals surface area contributed by atoms with Crippen molar-refractivity contribution < 1.29 is 0 Å². The van der Waals surface area contributed by atoms with Crippen LogP contribution in [0.1, 0.15) is 0 Å². The minimum Gasteiger partial charge on any atom is -0.254 e. The molecular formula is C44H26N4. The lowest BCUT2D eigenvalue weighted by molar-refractivity contribution is 1.31. The molecule has 0 radical (unpaired) electrons. The number of hydrogen-bond donors (Lipinski definition) is 0. The van der Waals surface area contributed by atoms with Crippen molar-refractivity contribution in [3.05, 3.63) is 158 Å². The van der Waals surface area contributed by atoms with Gasteiger partial charge in [-0.25, -0.2) is 15.0 Å². The summed E-state index contributed by atoms with van der Waals surface area (Å²) in [6.45, 7) is 0. The van der Waals surface area contributed by atoms with Gasteiger partial charge in [0, 0.05) is 33.3 Å². The molecular weight excluding hydrogens is 585 g/mol. The van der Waals surface area contributed by atoms with Crippen LogP contribution in [0.5, 0.6) is 0 Å². The second kappa shape index (κ2) is 10.5. The van der Waals surface area contributed by atoms with Crippen LogP contribution in [0, 0.1) is 0 Å². The van der Waals surface area contributed by atoms with Gasteiger partial charge in [0.05, 0.1) is 39.1 Å². The van der Waals surface area contributed by atoms with E-state index in [9.17, 15) is 0 Å². The Morgan fingerprint density at radius 2 is 0.958 bits per heavy atom. The molecule has 10 rings (SSSR count). The Morgan fingerprint density at radius 1 is 0.333 bits per heavy atom. The monoisotopic (exact) mass is 610 g/mol. The van der Waals surface area contributed by atoms with Gasteiger partial charge in [0.25, 0.3) is 0 Å². The predicted octanol–water partition coefficient (Wildman–Crippen LogP) is 11.2. The van der Waals surface area contributed by atoms with Crippen LogP contribution < -0.4 is 0 Å². The fourth-order valence-electron chi connectivity index (χ4n) is 7.03. The molecule has 0 aliphatic rings. The molecule has 4 heterocycles. The smallest absolute Gasteiger partial charge is 0.0972 e. The number of rotatable bonds is 3. The maximum Gasteiger partial charge on any atom is 0.0972 e. The largest absolute Gasteiger partial charge is 0.254 e. The molecule has 4 heteroatoms. The van der Waals surface area contributed by atoms with Crippen LogP contribution in [0.4, 0.5) is 0 Å². The molecule has 0 fully saturated rings. The number of nitrogens with zero attached hydrogens (tertiary/aromatic N) is 4. The van der Waals surface area contributed by atoms with Crippen molar-refractivity contribution in [1.29, 1.82) is 0 Å². The van der Waals surface area contributed by atoms with E-state index >= 15 is 0 Å². The van der Waals surface area contributed by atoms with Crippen LogP contribution in [0.2, 0.25) is 0 Å². The first kappa shape index (κ1) is 26.7. The molecule has 6 aromatic carbocycles. The number of aromatic nitrogens is 4. The lowest BCUT2D eigenvalue weighted by Gasteiger charge is -2.12. The van der Waals surface area contributed by atoms with Crippen LogP contribution in [0.15, 0.2) is 158 Å². The van der Waals surface area contributed by atoms with Crippen LogP contribution in [-0.4, -0.2) is 19.9 Å². The van der Waals surface area contributed by atoms with Gasteiger partial charge in [-0.05, 0) is 81.2 Å². The molecule has 4 nitrogen and oxygen atoms in total. The molecule has 0 unspecified atom stereocenters. The van der Waals surface area contributed by atoms with Crippen molar-refractivity contribution in [3.63, 3.8) is 0 Å². The van der Waals surface area contributed by atoms with E-state index in [1.54, 1.807) is 0 Å². The summed E-state index contributed by atoms with van der Waals surface area (Å²) in [7, 11) is 0. The molecule has 0 spiro atoms. The van der Waals surface area contributed by atoms with Crippen LogP contribution in [-0.2, 0) is 0 Å². The number of pyridine rings is 4. The molecule has 0 saturated carbocycles. The summed E-state index contributed by atoms with van der Waals surface area (Å²) in [5.74, 6) is 0. The Balaban J connectivity index is 1.03. The summed E-state index contributed by atoms with van der Waals surface area (Å²) < 4.78 is 0. The maximum atomic E-state index is 5.15. The number of fused-ring (bicyclic) bond motifs is 8. The molecule has 0 atom stereocenters. The lowest BCUT2D eigenvalue weighted by atomic mass is 9.95. The van der Waals surface area contributed by atoms with Gasteiger partial charge < -0.3 is 0 Å². The van der Waals surface area contributed by atoms with Crippen molar-refractivity contribution >= 4 is 65.2 Å². The third kappa shape index (κ3) is 4.31. The zero-order chi connectivity index (χ0) is 31.6. The molecule has 222 valence electrons. The minimum atomic E-state index is 0.833. The van der Waals surface area contributed by atoms with Gasteiger partial charge in [-0.3, -0.25) is 4.98 Å². The van der Waals surface area contributed by atoms with E-state index in [4.69, 9.17) is 15.0 Å². The van der Waals surface area contributed by atoms with Crippen molar-refractivity contribution in [3.8, 4) is 33.8 Å². The first-order valence-electron chi connectivity index (χ1n) is 16.1. The fraction of sp³-hybridized carbons (Fsp3) is 0. The second-order valence-corrected chi connectivity index (χ2v) is 12.3. The van der Waals surface area contributed by atoms with Gasteiger partial charge >= 0.3 is 0 Å². The quantitative estimate of drug-likeness (QED) is 0.187. The summed E-state index contributed by atoms with van der Waals surface area (Å²) in [4.78, 5) is 19.9. The van der Waals surface area contributed by atoms with Gasteiger partial charge in [0.2, 0.25) is 0 Å². The van der Waals surface area contributed by atoms with E-state index in [-0.39, 0.29) is 0 Å². The minimum absolute atomic E-state index is 0.833. The van der Waals surface area contributed by atoms with Gasteiger partial charge in [-0.1, -0.05) is 103 Å². The zero-order valence-electron chi connectivity index (χ0n) is 25.8. The number of benzene rings is 6. The highest BCUT2D eigenvalue weighted by molar-refractivity contribution is 6.13. The van der Waals surface area contributed by atoms with E-state index in [0.717, 1.165) is 77.4 Å². The highest BCUT2D eigenvalue weighted by atomic mass is 14.8. The molecule has 10 aromatic rings. The Morgan fingerprint density at radius 3 is 1.88 bits per heavy atom. The van der Waals surface area contributed by atoms with E-state index in [1.165, 1.54) is 21.5 Å². The zero-order valence-corrected chi connectivity index (χ0v) is 25.8. The van der Waals surface area contributed by atoms with Crippen LogP contribution in [0.25, 0.3) is 98.9 Å². The van der Waals surface area contributed by atoms with Crippen molar-refractivity contribution in [2.24, 2.45) is 0 Å². The lowest BCUT2D eigenvalue weighted by Crippen LogP contribution is -1.92. The highest BCUT2D eigenvalue weighted by Gasteiger charge is 2.12. The maximum absolute atomic E-state index is 5.15. The van der Waals surface area contributed by atoms with Gasteiger partial charge in [-0.2, -0.15) is 0 Å². The first-order valence-corrected chi connectivity index (χ1v) is 16.1. The standard InChI is InChI=1S/C44H26N4/c1-2-8-34-32(6-1)25-37(36-10-4-3-9-35(34)36)39-20-18-33-24-30(17-19-38(33)46-39)31-14-11-27-15-21-40(47-42(27)26-31)41-22-16-29-13-12-28-7-5-23-45-43(28)44(29)48-41/h1-26H. The summed E-state index contributed by atoms with van der Waals surface area (Å²) in [5.41, 5.74) is 9.74. The van der Waals surface area contributed by atoms with Gasteiger partial charge in [0.1, 0.15) is 0 Å². The average molecular weight is 611 g/mol. The normalized spacial score (nSPS) is 11.8. The van der Waals surface area contributed by atoms with Crippen molar-refractivity contribution in [1.82, 2.24) is 19.9 Å². The van der Waals surface area contributed by atoms with Crippen molar-refractivity contribution in [2.75, 3.05) is 0 Å². The highest BCUT2D eigenvalue weighted by Crippen LogP contribution is 2.36. The van der Waals surface area contributed by atoms with E-state index in [2.05, 4.69) is 138 Å². The summed E-state index contributed by atoms with van der Waals surface area (Å²) in [6, 6.07) is 53.3. The Kier molecular flexibility index (Phi) is 5.84. The molecule has 4 aromatic heterocycles. The second-order valence-electron chi connectivity index (χ2n) is 12.3. The Hall–Kier alpha value is -6.52. The summed E-state index contributed by atoms with van der Waals surface area (Å²) in [6.07, 6.45) is 1.82. The third-order valence-corrected chi connectivity index (χ3v) is 9.45. The van der Waals surface area contributed by atoms with Crippen LogP contribution >= 0.6 is 0 Å². The summed E-state index contributed by atoms with van der Waals surface area (Å²) in [5, 5.41) is 9.28. The Bertz CT molecular complexity index is 2910. The van der Waals surface area contributed by atoms with E-state index < -0.39 is 0 Å². The van der Waals surface area contributed by atoms with E-state index in [0.29, 0.717) is 0 Å². The number of hydrogen-bond acceptors (Lipinski definition) is 4. The van der Waals surface area contributed by atoms with Crippen molar-refractivity contribution in [2.45, 2.75) is 0 Å². The molecule has 48 heavy (non-hydrogen) atoms. The third-order valence-electron chi connectivity index (χ3n) is 9.45. The molecule has 0 saturated heterocycles. The Labute approximate surface area is 276 Å².